The van der Waals surface area contributed by atoms with Gasteiger partial charge in [0.05, 0.1) is 32.6 Å². The van der Waals surface area contributed by atoms with Crippen molar-refractivity contribution in [3.05, 3.63) is 60.3 Å². The van der Waals surface area contributed by atoms with E-state index < -0.39 is 0 Å². The third-order valence-corrected chi connectivity index (χ3v) is 4.19. The van der Waals surface area contributed by atoms with Gasteiger partial charge >= 0.3 is 0 Å². The van der Waals surface area contributed by atoms with Crippen molar-refractivity contribution in [3.8, 4) is 28.4 Å². The molecule has 7 nitrogen and oxygen atoms in total. The molecule has 0 atom stereocenters. The number of ether oxygens (including phenoxy) is 2. The van der Waals surface area contributed by atoms with E-state index in [0.717, 1.165) is 10.8 Å². The van der Waals surface area contributed by atoms with E-state index in [1.165, 1.54) is 7.11 Å². The number of rotatable bonds is 6. The Morgan fingerprint density at radius 2 is 1.78 bits per heavy atom. The fourth-order valence-electron chi connectivity index (χ4n) is 2.69. The van der Waals surface area contributed by atoms with E-state index in [4.69, 9.17) is 14.3 Å². The van der Waals surface area contributed by atoms with Crippen molar-refractivity contribution in [3.63, 3.8) is 0 Å². The van der Waals surface area contributed by atoms with E-state index in [1.54, 1.807) is 50.3 Å². The first-order chi connectivity index (χ1) is 13.1. The van der Waals surface area contributed by atoms with E-state index in [0.29, 0.717) is 28.3 Å². The minimum absolute atomic E-state index is 0.320. The van der Waals surface area contributed by atoms with Crippen LogP contribution in [0.1, 0.15) is 10.4 Å². The first kappa shape index (κ1) is 18.5. The van der Waals surface area contributed by atoms with Gasteiger partial charge in [0.25, 0.3) is 5.91 Å². The van der Waals surface area contributed by atoms with Gasteiger partial charge in [0.1, 0.15) is 17.2 Å². The maximum absolute atomic E-state index is 12.8. The number of amides is 1. The van der Waals surface area contributed by atoms with Gasteiger partial charge < -0.3 is 9.47 Å². The van der Waals surface area contributed by atoms with E-state index in [-0.39, 0.29) is 5.91 Å². The summed E-state index contributed by atoms with van der Waals surface area (Å²) < 4.78 is 12.5. The van der Waals surface area contributed by atoms with Gasteiger partial charge in [-0.1, -0.05) is 18.2 Å². The molecule has 0 saturated carbocycles. The summed E-state index contributed by atoms with van der Waals surface area (Å²) in [6.07, 6.45) is 1.68. The van der Waals surface area contributed by atoms with E-state index in [2.05, 4.69) is 5.10 Å². The second kappa shape index (κ2) is 7.92. The minimum atomic E-state index is -0.320. The summed E-state index contributed by atoms with van der Waals surface area (Å²) in [4.78, 5) is 17.9. The van der Waals surface area contributed by atoms with Gasteiger partial charge in [0.2, 0.25) is 0 Å². The predicted molar refractivity (Wildman–Crippen MR) is 101 cm³/mol. The van der Waals surface area contributed by atoms with Gasteiger partial charge in [-0.3, -0.25) is 9.63 Å². The Bertz CT molecular complexity index is 938. The van der Waals surface area contributed by atoms with Gasteiger partial charge in [0, 0.05) is 18.8 Å². The van der Waals surface area contributed by atoms with Crippen LogP contribution in [0.15, 0.2) is 54.7 Å². The highest BCUT2D eigenvalue weighted by Crippen LogP contribution is 2.35. The normalized spacial score (nSPS) is 10.5. The Balaban J connectivity index is 2.22. The molecular weight excluding hydrogens is 346 g/mol. The number of carbonyl (C=O) groups is 1. The Morgan fingerprint density at radius 1 is 1.04 bits per heavy atom. The Kier molecular flexibility index (Phi) is 5.42. The molecular formula is C20H21N3O4. The Morgan fingerprint density at radius 3 is 2.41 bits per heavy atom. The summed E-state index contributed by atoms with van der Waals surface area (Å²) in [5, 5.41) is 5.81. The third kappa shape index (κ3) is 3.63. The summed E-state index contributed by atoms with van der Waals surface area (Å²) >= 11 is 0. The number of hydrogen-bond donors (Lipinski definition) is 0. The van der Waals surface area contributed by atoms with Crippen molar-refractivity contribution >= 4 is 5.91 Å². The highest BCUT2D eigenvalue weighted by Gasteiger charge is 2.24. The molecule has 3 aromatic rings. The zero-order valence-electron chi connectivity index (χ0n) is 15.7. The molecule has 0 fully saturated rings. The molecule has 0 saturated heterocycles. The molecule has 1 amide bonds. The molecule has 0 N–H and O–H groups in total. The van der Waals surface area contributed by atoms with Crippen molar-refractivity contribution in [2.45, 2.75) is 0 Å². The fourth-order valence-corrected chi connectivity index (χ4v) is 2.69. The molecule has 3 rings (SSSR count). The number of aromatic nitrogens is 2. The topological polar surface area (TPSA) is 65.8 Å². The fraction of sp³-hybridized carbons (Fsp3) is 0.200. The third-order valence-electron chi connectivity index (χ3n) is 4.19. The standard InChI is InChI=1S/C20H21N3O4/c1-22(27-4)20(24)17-13-23(14-8-6-5-7-9-14)21-19(17)16-12-15(25-2)10-11-18(16)26-3/h5-13H,1-4H3. The van der Waals surface area contributed by atoms with Crippen LogP contribution in [0.2, 0.25) is 0 Å². The summed E-state index contributed by atoms with van der Waals surface area (Å²) in [6.45, 7) is 0. The molecule has 0 spiro atoms. The van der Waals surface area contributed by atoms with Crippen LogP contribution in [0, 0.1) is 0 Å². The number of para-hydroxylation sites is 1. The lowest BCUT2D eigenvalue weighted by Gasteiger charge is -2.14. The largest absolute Gasteiger partial charge is 0.497 e. The monoisotopic (exact) mass is 367 g/mol. The van der Waals surface area contributed by atoms with Crippen LogP contribution in [0.5, 0.6) is 11.5 Å². The van der Waals surface area contributed by atoms with Crippen molar-refractivity contribution in [1.29, 1.82) is 0 Å². The molecule has 0 aliphatic carbocycles. The van der Waals surface area contributed by atoms with Crippen molar-refractivity contribution in [2.75, 3.05) is 28.4 Å². The molecule has 0 radical (unpaired) electrons. The van der Waals surface area contributed by atoms with Crippen LogP contribution in [0.25, 0.3) is 16.9 Å². The quantitative estimate of drug-likeness (QED) is 0.626. The van der Waals surface area contributed by atoms with Gasteiger partial charge in [0.15, 0.2) is 0 Å². The molecule has 0 aliphatic heterocycles. The van der Waals surface area contributed by atoms with Gasteiger partial charge in [-0.05, 0) is 30.3 Å². The van der Waals surface area contributed by atoms with Crippen molar-refractivity contribution in [1.82, 2.24) is 14.8 Å². The Labute approximate surface area is 157 Å². The minimum Gasteiger partial charge on any atom is -0.497 e. The molecule has 0 bridgehead atoms. The van der Waals surface area contributed by atoms with Crippen molar-refractivity contribution in [2.24, 2.45) is 0 Å². The molecule has 0 aliphatic rings. The Hall–Kier alpha value is -3.32. The molecule has 2 aromatic carbocycles. The lowest BCUT2D eigenvalue weighted by Crippen LogP contribution is -2.25. The van der Waals surface area contributed by atoms with E-state index in [1.807, 2.05) is 30.3 Å². The van der Waals surface area contributed by atoms with Crippen LogP contribution < -0.4 is 9.47 Å². The summed E-state index contributed by atoms with van der Waals surface area (Å²) in [5.41, 5.74) is 2.34. The summed E-state index contributed by atoms with van der Waals surface area (Å²) in [6, 6.07) is 14.9. The van der Waals surface area contributed by atoms with Gasteiger partial charge in [-0.15, -0.1) is 0 Å². The molecule has 140 valence electrons. The maximum atomic E-state index is 12.8. The van der Waals surface area contributed by atoms with Crippen LogP contribution in [0.3, 0.4) is 0 Å². The lowest BCUT2D eigenvalue weighted by molar-refractivity contribution is -0.0756. The highest BCUT2D eigenvalue weighted by atomic mass is 16.7. The zero-order chi connectivity index (χ0) is 19.4. The average molecular weight is 367 g/mol. The first-order valence-corrected chi connectivity index (χ1v) is 8.28. The van der Waals surface area contributed by atoms with Crippen LogP contribution in [-0.2, 0) is 4.84 Å². The van der Waals surface area contributed by atoms with Crippen LogP contribution >= 0.6 is 0 Å². The zero-order valence-corrected chi connectivity index (χ0v) is 15.7. The van der Waals surface area contributed by atoms with Crippen LogP contribution in [-0.4, -0.2) is 49.1 Å². The second-order valence-corrected chi connectivity index (χ2v) is 5.72. The number of nitrogens with zero attached hydrogens (tertiary/aromatic N) is 3. The van der Waals surface area contributed by atoms with Crippen LogP contribution in [0.4, 0.5) is 0 Å². The molecule has 27 heavy (non-hydrogen) atoms. The second-order valence-electron chi connectivity index (χ2n) is 5.72. The molecule has 1 aromatic heterocycles. The molecule has 7 heteroatoms. The highest BCUT2D eigenvalue weighted by molar-refractivity contribution is 6.00. The van der Waals surface area contributed by atoms with Gasteiger partial charge in [-0.2, -0.15) is 5.10 Å². The number of hydrogen-bond acceptors (Lipinski definition) is 5. The first-order valence-electron chi connectivity index (χ1n) is 8.28. The maximum Gasteiger partial charge on any atom is 0.281 e. The smallest absolute Gasteiger partial charge is 0.281 e. The number of methoxy groups -OCH3 is 2. The average Bonchev–Trinajstić information content (AvgIpc) is 3.18. The van der Waals surface area contributed by atoms with E-state index >= 15 is 0 Å². The number of hydroxylamine groups is 2. The lowest BCUT2D eigenvalue weighted by atomic mass is 10.1. The molecule has 0 unspecified atom stereocenters. The van der Waals surface area contributed by atoms with E-state index in [9.17, 15) is 4.79 Å². The van der Waals surface area contributed by atoms with Crippen molar-refractivity contribution < 1.29 is 19.1 Å². The summed E-state index contributed by atoms with van der Waals surface area (Å²) in [5.74, 6) is 0.904. The molecule has 1 heterocycles. The number of benzene rings is 2. The summed E-state index contributed by atoms with van der Waals surface area (Å²) in [7, 11) is 6.14. The number of carbonyl (C=O) groups excluding carboxylic acids is 1. The SMILES string of the molecule is COc1ccc(OC)c(-c2nn(-c3ccccc3)cc2C(=O)N(C)OC)c1. The predicted octanol–water partition coefficient (Wildman–Crippen LogP) is 3.19. The van der Waals surface area contributed by atoms with Gasteiger partial charge in [-0.25, -0.2) is 9.75 Å².